The SMILES string of the molecule is N#Cc1ccc(C(F)(F)F)nc1NCC1CCCN1. The number of halogens is 3. The molecule has 1 saturated heterocycles. The van der Waals surface area contributed by atoms with Crippen LogP contribution in [-0.4, -0.2) is 24.1 Å². The van der Waals surface area contributed by atoms with Crippen molar-refractivity contribution in [3.05, 3.63) is 23.4 Å². The third-order valence-corrected chi connectivity index (χ3v) is 2.98. The molecule has 1 unspecified atom stereocenters. The lowest BCUT2D eigenvalue weighted by atomic mass is 10.2. The highest BCUT2D eigenvalue weighted by Gasteiger charge is 2.33. The molecule has 0 aromatic carbocycles. The first-order valence-corrected chi connectivity index (χ1v) is 5.96. The van der Waals surface area contributed by atoms with Gasteiger partial charge >= 0.3 is 6.18 Å². The van der Waals surface area contributed by atoms with Crippen LogP contribution in [0.1, 0.15) is 24.1 Å². The molecule has 102 valence electrons. The van der Waals surface area contributed by atoms with E-state index in [0.29, 0.717) is 6.54 Å². The molecule has 1 aliphatic heterocycles. The summed E-state index contributed by atoms with van der Waals surface area (Å²) in [6.45, 7) is 1.37. The fourth-order valence-corrected chi connectivity index (χ4v) is 1.99. The molecule has 19 heavy (non-hydrogen) atoms. The van der Waals surface area contributed by atoms with Crippen molar-refractivity contribution in [3.63, 3.8) is 0 Å². The highest BCUT2D eigenvalue weighted by molar-refractivity contribution is 5.52. The summed E-state index contributed by atoms with van der Waals surface area (Å²) >= 11 is 0. The second-order valence-electron chi connectivity index (χ2n) is 4.38. The summed E-state index contributed by atoms with van der Waals surface area (Å²) in [5.74, 6) is -0.00831. The van der Waals surface area contributed by atoms with Crippen molar-refractivity contribution < 1.29 is 13.2 Å². The van der Waals surface area contributed by atoms with Gasteiger partial charge in [-0.15, -0.1) is 0 Å². The monoisotopic (exact) mass is 270 g/mol. The predicted octanol–water partition coefficient (Wildman–Crippen LogP) is 2.14. The highest BCUT2D eigenvalue weighted by atomic mass is 19.4. The van der Waals surface area contributed by atoms with E-state index in [0.717, 1.165) is 31.5 Å². The fraction of sp³-hybridized carbons (Fsp3) is 0.500. The average molecular weight is 270 g/mol. The topological polar surface area (TPSA) is 60.7 Å². The molecular formula is C12H13F3N4. The van der Waals surface area contributed by atoms with E-state index in [-0.39, 0.29) is 17.4 Å². The molecule has 7 heteroatoms. The maximum atomic E-state index is 12.6. The quantitative estimate of drug-likeness (QED) is 0.883. The molecule has 2 heterocycles. The molecule has 1 fully saturated rings. The molecule has 0 amide bonds. The maximum absolute atomic E-state index is 12.6. The third-order valence-electron chi connectivity index (χ3n) is 2.98. The van der Waals surface area contributed by atoms with Crippen LogP contribution in [0.5, 0.6) is 0 Å². The Morgan fingerprint density at radius 2 is 2.26 bits per heavy atom. The van der Waals surface area contributed by atoms with Crippen LogP contribution in [0, 0.1) is 11.3 Å². The lowest BCUT2D eigenvalue weighted by molar-refractivity contribution is -0.141. The highest BCUT2D eigenvalue weighted by Crippen LogP contribution is 2.29. The predicted molar refractivity (Wildman–Crippen MR) is 63.5 cm³/mol. The van der Waals surface area contributed by atoms with E-state index >= 15 is 0 Å². The molecule has 0 aliphatic carbocycles. The van der Waals surface area contributed by atoms with Crippen LogP contribution in [0.15, 0.2) is 12.1 Å². The second kappa shape index (κ2) is 5.45. The van der Waals surface area contributed by atoms with Gasteiger partial charge in [-0.3, -0.25) is 0 Å². The lowest BCUT2D eigenvalue weighted by Gasteiger charge is -2.14. The van der Waals surface area contributed by atoms with Gasteiger partial charge in [-0.1, -0.05) is 0 Å². The summed E-state index contributed by atoms with van der Waals surface area (Å²) < 4.78 is 37.7. The van der Waals surface area contributed by atoms with Crippen molar-refractivity contribution in [2.24, 2.45) is 0 Å². The van der Waals surface area contributed by atoms with E-state index < -0.39 is 11.9 Å². The van der Waals surface area contributed by atoms with Crippen molar-refractivity contribution in [1.29, 1.82) is 5.26 Å². The molecule has 4 nitrogen and oxygen atoms in total. The standard InChI is InChI=1S/C12H13F3N4/c13-12(14,15)10-4-3-8(6-16)11(19-10)18-7-9-2-1-5-17-9/h3-4,9,17H,1-2,5,7H2,(H,18,19). The largest absolute Gasteiger partial charge is 0.433 e. The van der Waals surface area contributed by atoms with Gasteiger partial charge in [0.1, 0.15) is 17.6 Å². The smallest absolute Gasteiger partial charge is 0.367 e. The van der Waals surface area contributed by atoms with Gasteiger partial charge in [0, 0.05) is 12.6 Å². The fourth-order valence-electron chi connectivity index (χ4n) is 1.99. The van der Waals surface area contributed by atoms with Gasteiger partial charge in [-0.2, -0.15) is 18.4 Å². The van der Waals surface area contributed by atoms with Gasteiger partial charge in [0.25, 0.3) is 0 Å². The number of anilines is 1. The van der Waals surface area contributed by atoms with Gasteiger partial charge in [-0.25, -0.2) is 4.98 Å². The lowest BCUT2D eigenvalue weighted by Crippen LogP contribution is -2.30. The van der Waals surface area contributed by atoms with E-state index in [1.165, 1.54) is 0 Å². The molecule has 1 aromatic heterocycles. The summed E-state index contributed by atoms with van der Waals surface area (Å²) in [5.41, 5.74) is -0.876. The van der Waals surface area contributed by atoms with E-state index in [1.807, 2.05) is 6.07 Å². The van der Waals surface area contributed by atoms with Crippen LogP contribution in [0.25, 0.3) is 0 Å². The van der Waals surface area contributed by atoms with Crippen LogP contribution in [0.3, 0.4) is 0 Å². The molecule has 2 N–H and O–H groups in total. The molecule has 1 atom stereocenters. The minimum absolute atomic E-state index is 0.00831. The van der Waals surface area contributed by atoms with Gasteiger partial charge in [0.05, 0.1) is 5.56 Å². The molecule has 1 aromatic rings. The number of nitrogens with zero attached hydrogens (tertiary/aromatic N) is 2. The molecule has 1 aliphatic rings. The first-order valence-electron chi connectivity index (χ1n) is 5.96. The van der Waals surface area contributed by atoms with Crippen LogP contribution in [-0.2, 0) is 6.18 Å². The van der Waals surface area contributed by atoms with Crippen LogP contribution in [0.2, 0.25) is 0 Å². The number of aromatic nitrogens is 1. The Labute approximate surface area is 108 Å². The first kappa shape index (κ1) is 13.6. The van der Waals surface area contributed by atoms with Gasteiger partial charge in [-0.05, 0) is 31.5 Å². The Balaban J connectivity index is 2.14. The minimum Gasteiger partial charge on any atom is -0.367 e. The van der Waals surface area contributed by atoms with Crippen molar-refractivity contribution in [2.45, 2.75) is 25.1 Å². The maximum Gasteiger partial charge on any atom is 0.433 e. The number of rotatable bonds is 3. The Kier molecular flexibility index (Phi) is 3.90. The summed E-state index contributed by atoms with van der Waals surface area (Å²) in [6.07, 6.45) is -2.49. The van der Waals surface area contributed by atoms with E-state index in [1.54, 1.807) is 0 Å². The number of hydrogen-bond donors (Lipinski definition) is 2. The Hall–Kier alpha value is -1.81. The summed E-state index contributed by atoms with van der Waals surface area (Å²) in [7, 11) is 0. The van der Waals surface area contributed by atoms with E-state index in [2.05, 4.69) is 15.6 Å². The zero-order valence-corrected chi connectivity index (χ0v) is 10.1. The average Bonchev–Trinajstić information content (AvgIpc) is 2.88. The van der Waals surface area contributed by atoms with Crippen molar-refractivity contribution in [3.8, 4) is 6.07 Å². The zero-order chi connectivity index (χ0) is 13.9. The second-order valence-corrected chi connectivity index (χ2v) is 4.38. The van der Waals surface area contributed by atoms with Crippen molar-refractivity contribution in [2.75, 3.05) is 18.4 Å². The number of pyridine rings is 1. The van der Waals surface area contributed by atoms with Crippen LogP contribution >= 0.6 is 0 Å². The Morgan fingerprint density at radius 3 is 2.84 bits per heavy atom. The normalized spacial score (nSPS) is 19.2. The number of hydrogen-bond acceptors (Lipinski definition) is 4. The minimum atomic E-state index is -4.50. The van der Waals surface area contributed by atoms with Gasteiger partial charge in [0.15, 0.2) is 0 Å². The van der Waals surface area contributed by atoms with Crippen LogP contribution in [0.4, 0.5) is 19.0 Å². The molecular weight excluding hydrogens is 257 g/mol. The van der Waals surface area contributed by atoms with E-state index in [4.69, 9.17) is 5.26 Å². The summed E-state index contributed by atoms with van der Waals surface area (Å²) in [4.78, 5) is 3.49. The van der Waals surface area contributed by atoms with Gasteiger partial charge < -0.3 is 10.6 Å². The number of nitrogens with one attached hydrogen (secondary N) is 2. The van der Waals surface area contributed by atoms with Crippen molar-refractivity contribution in [1.82, 2.24) is 10.3 Å². The van der Waals surface area contributed by atoms with Gasteiger partial charge in [0.2, 0.25) is 0 Å². The van der Waals surface area contributed by atoms with E-state index in [9.17, 15) is 13.2 Å². The van der Waals surface area contributed by atoms with Crippen molar-refractivity contribution >= 4 is 5.82 Å². The summed E-state index contributed by atoms with van der Waals surface area (Å²) in [6, 6.07) is 4.00. The zero-order valence-electron chi connectivity index (χ0n) is 10.1. The Morgan fingerprint density at radius 1 is 1.47 bits per heavy atom. The molecule has 0 radical (unpaired) electrons. The summed E-state index contributed by atoms with van der Waals surface area (Å²) in [5, 5.41) is 14.9. The number of nitriles is 1. The first-order chi connectivity index (χ1) is 9.00. The number of alkyl halides is 3. The molecule has 0 spiro atoms. The molecule has 0 saturated carbocycles. The molecule has 0 bridgehead atoms. The Bertz CT molecular complexity index is 487. The van der Waals surface area contributed by atoms with Crippen LogP contribution < -0.4 is 10.6 Å². The molecule has 2 rings (SSSR count). The third kappa shape index (κ3) is 3.35.